The standard InChI is InChI=1S/C12H7ClN2O4/c13-11-6-1-8(7-14-11)12(16)19-10-4-2-9(3-5-10)15(17)18/h1-7H. The summed E-state index contributed by atoms with van der Waals surface area (Å²) in [5, 5.41) is 10.7. The lowest BCUT2D eigenvalue weighted by atomic mass is 10.3. The Balaban J connectivity index is 2.10. The van der Waals surface area contributed by atoms with E-state index in [2.05, 4.69) is 4.98 Å². The molecule has 0 saturated heterocycles. The number of nitro groups is 1. The average molecular weight is 279 g/mol. The first kappa shape index (κ1) is 13.0. The van der Waals surface area contributed by atoms with E-state index in [1.54, 1.807) is 0 Å². The molecule has 1 aromatic carbocycles. The number of halogens is 1. The van der Waals surface area contributed by atoms with Crippen LogP contribution in [0.1, 0.15) is 10.4 Å². The van der Waals surface area contributed by atoms with Crippen LogP contribution in [0.15, 0.2) is 42.6 Å². The number of carbonyl (C=O) groups excluding carboxylic acids is 1. The molecule has 6 nitrogen and oxygen atoms in total. The van der Waals surface area contributed by atoms with E-state index < -0.39 is 10.9 Å². The second kappa shape index (κ2) is 5.45. The fraction of sp³-hybridized carbons (Fsp3) is 0. The molecule has 0 aliphatic rings. The van der Waals surface area contributed by atoms with Crippen molar-refractivity contribution in [1.29, 1.82) is 0 Å². The van der Waals surface area contributed by atoms with E-state index in [1.165, 1.54) is 42.6 Å². The minimum absolute atomic E-state index is 0.0760. The summed E-state index contributed by atoms with van der Waals surface area (Å²) in [6.45, 7) is 0. The average Bonchev–Trinajstić information content (AvgIpc) is 2.40. The largest absolute Gasteiger partial charge is 0.423 e. The second-order valence-corrected chi connectivity index (χ2v) is 3.90. The number of hydrogen-bond acceptors (Lipinski definition) is 5. The minimum atomic E-state index is -0.613. The highest BCUT2D eigenvalue weighted by Gasteiger charge is 2.10. The van der Waals surface area contributed by atoms with Crippen molar-refractivity contribution >= 4 is 23.3 Å². The first-order chi connectivity index (χ1) is 9.06. The van der Waals surface area contributed by atoms with E-state index in [9.17, 15) is 14.9 Å². The number of aromatic nitrogens is 1. The molecule has 1 aromatic heterocycles. The number of non-ortho nitro benzene ring substituents is 1. The Kier molecular flexibility index (Phi) is 3.72. The van der Waals surface area contributed by atoms with E-state index in [0.29, 0.717) is 0 Å². The Bertz CT molecular complexity index is 611. The van der Waals surface area contributed by atoms with Crippen LogP contribution in [0, 0.1) is 10.1 Å². The van der Waals surface area contributed by atoms with Gasteiger partial charge in [0.15, 0.2) is 0 Å². The van der Waals surface area contributed by atoms with Gasteiger partial charge < -0.3 is 4.74 Å². The first-order valence-electron chi connectivity index (χ1n) is 5.14. The molecule has 1 heterocycles. The summed E-state index contributed by atoms with van der Waals surface area (Å²) in [5.74, 6) is -0.399. The molecule has 0 atom stereocenters. The zero-order chi connectivity index (χ0) is 13.8. The van der Waals surface area contributed by atoms with Gasteiger partial charge in [-0.25, -0.2) is 9.78 Å². The SMILES string of the molecule is O=C(Oc1ccc([N+](=O)[O-])cc1)c1ccc(Cl)nc1. The van der Waals surface area contributed by atoms with Crippen LogP contribution < -0.4 is 4.74 Å². The van der Waals surface area contributed by atoms with E-state index in [4.69, 9.17) is 16.3 Å². The lowest BCUT2D eigenvalue weighted by molar-refractivity contribution is -0.384. The molecule has 0 N–H and O–H groups in total. The van der Waals surface area contributed by atoms with Gasteiger partial charge in [-0.2, -0.15) is 0 Å². The molecule has 0 aliphatic heterocycles. The molecular formula is C12H7ClN2O4. The molecule has 0 bridgehead atoms. The van der Waals surface area contributed by atoms with Crippen molar-refractivity contribution in [2.45, 2.75) is 0 Å². The number of rotatable bonds is 3. The third-order valence-electron chi connectivity index (χ3n) is 2.22. The molecular weight excluding hydrogens is 272 g/mol. The van der Waals surface area contributed by atoms with Crippen molar-refractivity contribution in [1.82, 2.24) is 4.98 Å². The monoisotopic (exact) mass is 278 g/mol. The summed E-state index contributed by atoms with van der Waals surface area (Å²) in [7, 11) is 0. The highest BCUT2D eigenvalue weighted by atomic mass is 35.5. The molecule has 0 fully saturated rings. The van der Waals surface area contributed by atoms with Gasteiger partial charge in [-0.1, -0.05) is 11.6 Å². The summed E-state index contributed by atoms with van der Waals surface area (Å²) in [5.41, 5.74) is 0.163. The molecule has 7 heteroatoms. The fourth-order valence-corrected chi connectivity index (χ4v) is 1.41. The van der Waals surface area contributed by atoms with Crippen LogP contribution in [0.2, 0.25) is 5.15 Å². The Labute approximate surface area is 112 Å². The molecule has 0 aliphatic carbocycles. The van der Waals surface area contributed by atoms with Gasteiger partial charge in [-0.05, 0) is 24.3 Å². The summed E-state index contributed by atoms with van der Waals surface area (Å²) in [6.07, 6.45) is 1.29. The quantitative estimate of drug-likeness (QED) is 0.283. The van der Waals surface area contributed by atoms with Gasteiger partial charge in [0.25, 0.3) is 5.69 Å². The molecule has 0 unspecified atom stereocenters. The number of ether oxygens (including phenoxy) is 1. The predicted octanol–water partition coefficient (Wildman–Crippen LogP) is 2.86. The van der Waals surface area contributed by atoms with E-state index in [0.717, 1.165) is 0 Å². The highest BCUT2D eigenvalue weighted by Crippen LogP contribution is 2.18. The van der Waals surface area contributed by atoms with Crippen LogP contribution in [-0.4, -0.2) is 15.9 Å². The highest BCUT2D eigenvalue weighted by molar-refractivity contribution is 6.29. The lowest BCUT2D eigenvalue weighted by Crippen LogP contribution is -2.08. The molecule has 0 saturated carbocycles. The smallest absolute Gasteiger partial charge is 0.345 e. The number of esters is 1. The normalized spacial score (nSPS) is 9.95. The molecule has 96 valence electrons. The van der Waals surface area contributed by atoms with E-state index >= 15 is 0 Å². The van der Waals surface area contributed by atoms with Gasteiger partial charge in [-0.15, -0.1) is 0 Å². The predicted molar refractivity (Wildman–Crippen MR) is 67.3 cm³/mol. The number of nitro benzene ring substituents is 1. The van der Waals surface area contributed by atoms with Crippen LogP contribution in [-0.2, 0) is 0 Å². The molecule has 2 rings (SSSR count). The Hall–Kier alpha value is -2.47. The summed E-state index contributed by atoms with van der Waals surface area (Å²) in [6, 6.07) is 8.14. The van der Waals surface area contributed by atoms with Crippen molar-refractivity contribution in [2.75, 3.05) is 0 Å². The van der Waals surface area contributed by atoms with Gasteiger partial charge >= 0.3 is 5.97 Å². The Morgan fingerprint density at radius 2 is 1.89 bits per heavy atom. The number of nitrogens with zero attached hydrogens (tertiary/aromatic N) is 2. The number of benzene rings is 1. The first-order valence-corrected chi connectivity index (χ1v) is 5.52. The molecule has 2 aromatic rings. The molecule has 0 radical (unpaired) electrons. The second-order valence-electron chi connectivity index (χ2n) is 3.51. The summed E-state index contributed by atoms with van der Waals surface area (Å²) >= 11 is 5.60. The third kappa shape index (κ3) is 3.26. The van der Waals surface area contributed by atoms with Crippen molar-refractivity contribution < 1.29 is 14.5 Å². The molecule has 0 amide bonds. The molecule has 0 spiro atoms. The van der Waals surface area contributed by atoms with Gasteiger partial charge in [0, 0.05) is 18.3 Å². The number of carbonyl (C=O) groups is 1. The minimum Gasteiger partial charge on any atom is -0.423 e. The van der Waals surface area contributed by atoms with E-state index in [1.807, 2.05) is 0 Å². The van der Waals surface area contributed by atoms with Gasteiger partial charge in [0.1, 0.15) is 10.9 Å². The van der Waals surface area contributed by atoms with Crippen molar-refractivity contribution in [3.8, 4) is 5.75 Å². The number of pyridine rings is 1. The van der Waals surface area contributed by atoms with Crippen molar-refractivity contribution in [2.24, 2.45) is 0 Å². The van der Waals surface area contributed by atoms with Crippen LogP contribution in [0.3, 0.4) is 0 Å². The van der Waals surface area contributed by atoms with Gasteiger partial charge in [0.05, 0.1) is 10.5 Å². The maximum Gasteiger partial charge on any atom is 0.345 e. The number of hydrogen-bond donors (Lipinski definition) is 0. The van der Waals surface area contributed by atoms with Crippen LogP contribution in [0.5, 0.6) is 5.75 Å². The lowest BCUT2D eigenvalue weighted by Gasteiger charge is -2.03. The van der Waals surface area contributed by atoms with Crippen molar-refractivity contribution in [3.05, 3.63) is 63.4 Å². The zero-order valence-corrected chi connectivity index (χ0v) is 10.2. The van der Waals surface area contributed by atoms with Crippen LogP contribution in [0.25, 0.3) is 0 Å². The summed E-state index contributed by atoms with van der Waals surface area (Å²) < 4.78 is 5.03. The van der Waals surface area contributed by atoms with Crippen LogP contribution in [0.4, 0.5) is 5.69 Å². The summed E-state index contributed by atoms with van der Waals surface area (Å²) in [4.78, 5) is 25.4. The zero-order valence-electron chi connectivity index (χ0n) is 9.45. The third-order valence-corrected chi connectivity index (χ3v) is 2.44. The van der Waals surface area contributed by atoms with Gasteiger partial charge in [-0.3, -0.25) is 10.1 Å². The van der Waals surface area contributed by atoms with Crippen LogP contribution >= 0.6 is 11.6 Å². The van der Waals surface area contributed by atoms with E-state index in [-0.39, 0.29) is 22.2 Å². The Morgan fingerprint density at radius 1 is 1.21 bits per heavy atom. The maximum absolute atomic E-state index is 11.7. The topological polar surface area (TPSA) is 82.3 Å². The van der Waals surface area contributed by atoms with Gasteiger partial charge in [0.2, 0.25) is 0 Å². The van der Waals surface area contributed by atoms with Crippen molar-refractivity contribution in [3.63, 3.8) is 0 Å². The molecule has 19 heavy (non-hydrogen) atoms. The maximum atomic E-state index is 11.7. The Morgan fingerprint density at radius 3 is 2.42 bits per heavy atom. The fourth-order valence-electron chi connectivity index (χ4n) is 1.30.